The number of aryl methyl sites for hydroxylation is 1. The van der Waals surface area contributed by atoms with Gasteiger partial charge in [-0.2, -0.15) is 0 Å². The van der Waals surface area contributed by atoms with Crippen LogP contribution in [0.25, 0.3) is 0 Å². The molecule has 110 valence electrons. The summed E-state index contributed by atoms with van der Waals surface area (Å²) in [6, 6.07) is 10.9. The number of hydrogen-bond acceptors (Lipinski definition) is 4. The van der Waals surface area contributed by atoms with Gasteiger partial charge in [-0.05, 0) is 31.2 Å². The van der Waals surface area contributed by atoms with Crippen LogP contribution < -0.4 is 15.5 Å². The Morgan fingerprint density at radius 3 is 2.62 bits per heavy atom. The van der Waals surface area contributed by atoms with Gasteiger partial charge in [-0.3, -0.25) is 5.32 Å². The number of carbonyl (C=O) groups excluding carboxylic acids is 1. The Balaban J connectivity index is 1.90. The van der Waals surface area contributed by atoms with Crippen LogP contribution in [0.4, 0.5) is 16.4 Å². The van der Waals surface area contributed by atoms with Gasteiger partial charge in [-0.15, -0.1) is 0 Å². The minimum Gasteiger partial charge on any atom is -0.363 e. The monoisotopic (exact) mass is 285 g/mol. The van der Waals surface area contributed by atoms with Crippen LogP contribution in [0, 0.1) is 6.92 Å². The Hall–Kier alpha value is -2.63. The van der Waals surface area contributed by atoms with Gasteiger partial charge in [-0.1, -0.05) is 12.1 Å². The zero-order valence-corrected chi connectivity index (χ0v) is 12.4. The third-order valence-electron chi connectivity index (χ3n) is 2.81. The van der Waals surface area contributed by atoms with Crippen LogP contribution >= 0.6 is 0 Å². The molecule has 2 rings (SSSR count). The molecule has 0 aliphatic carbocycles. The van der Waals surface area contributed by atoms with Gasteiger partial charge in [0.2, 0.25) is 0 Å². The van der Waals surface area contributed by atoms with E-state index in [0.717, 1.165) is 17.2 Å². The first-order valence-corrected chi connectivity index (χ1v) is 6.66. The Labute approximate surface area is 124 Å². The van der Waals surface area contributed by atoms with E-state index in [0.29, 0.717) is 12.4 Å². The van der Waals surface area contributed by atoms with Gasteiger partial charge in [0.1, 0.15) is 11.6 Å². The van der Waals surface area contributed by atoms with Gasteiger partial charge >= 0.3 is 6.03 Å². The van der Waals surface area contributed by atoms with Crippen LogP contribution in [0.3, 0.4) is 0 Å². The quantitative estimate of drug-likeness (QED) is 0.903. The third kappa shape index (κ3) is 4.45. The SMILES string of the molecule is Cc1cccc(NC(=O)NCc2cccc(N(C)C)n2)n1. The normalized spacial score (nSPS) is 10.0. The summed E-state index contributed by atoms with van der Waals surface area (Å²) in [6.07, 6.45) is 0. The highest BCUT2D eigenvalue weighted by Gasteiger charge is 2.04. The topological polar surface area (TPSA) is 70.2 Å². The molecular formula is C15H19N5O. The number of aromatic nitrogens is 2. The summed E-state index contributed by atoms with van der Waals surface area (Å²) in [5, 5.41) is 5.45. The number of hydrogen-bond donors (Lipinski definition) is 2. The molecule has 0 aliphatic heterocycles. The molecule has 2 aromatic rings. The van der Waals surface area contributed by atoms with Crippen LogP contribution in [-0.4, -0.2) is 30.1 Å². The summed E-state index contributed by atoms with van der Waals surface area (Å²) in [4.78, 5) is 22.4. The fourth-order valence-electron chi connectivity index (χ4n) is 1.76. The van der Waals surface area contributed by atoms with Crippen molar-refractivity contribution < 1.29 is 4.79 Å². The number of nitrogens with zero attached hydrogens (tertiary/aromatic N) is 3. The Morgan fingerprint density at radius 2 is 1.90 bits per heavy atom. The number of nitrogens with one attached hydrogen (secondary N) is 2. The van der Waals surface area contributed by atoms with E-state index in [2.05, 4.69) is 20.6 Å². The molecule has 21 heavy (non-hydrogen) atoms. The first-order valence-electron chi connectivity index (χ1n) is 6.66. The number of amides is 2. The summed E-state index contributed by atoms with van der Waals surface area (Å²) >= 11 is 0. The van der Waals surface area contributed by atoms with E-state index in [-0.39, 0.29) is 6.03 Å². The molecule has 0 spiro atoms. The van der Waals surface area contributed by atoms with Gasteiger partial charge in [0.25, 0.3) is 0 Å². The lowest BCUT2D eigenvalue weighted by atomic mass is 10.3. The Bertz CT molecular complexity index is 627. The van der Waals surface area contributed by atoms with Crippen molar-refractivity contribution in [2.75, 3.05) is 24.3 Å². The van der Waals surface area contributed by atoms with Crippen molar-refractivity contribution in [1.29, 1.82) is 0 Å². The highest BCUT2D eigenvalue weighted by atomic mass is 16.2. The molecule has 6 heteroatoms. The van der Waals surface area contributed by atoms with Crippen LogP contribution in [0.15, 0.2) is 36.4 Å². The zero-order chi connectivity index (χ0) is 15.2. The molecule has 2 N–H and O–H groups in total. The minimum atomic E-state index is -0.301. The highest BCUT2D eigenvalue weighted by molar-refractivity contribution is 5.88. The Morgan fingerprint density at radius 1 is 1.14 bits per heavy atom. The lowest BCUT2D eigenvalue weighted by Gasteiger charge is -2.12. The molecule has 0 saturated carbocycles. The van der Waals surface area contributed by atoms with E-state index in [9.17, 15) is 4.79 Å². The van der Waals surface area contributed by atoms with Gasteiger partial charge < -0.3 is 10.2 Å². The van der Waals surface area contributed by atoms with Gasteiger partial charge in [-0.25, -0.2) is 14.8 Å². The van der Waals surface area contributed by atoms with E-state index < -0.39 is 0 Å². The number of urea groups is 1. The maximum absolute atomic E-state index is 11.8. The van der Waals surface area contributed by atoms with Gasteiger partial charge in [0.05, 0.1) is 12.2 Å². The van der Waals surface area contributed by atoms with Crippen molar-refractivity contribution in [1.82, 2.24) is 15.3 Å². The van der Waals surface area contributed by atoms with Crippen LogP contribution in [0.5, 0.6) is 0 Å². The molecule has 2 heterocycles. The number of carbonyl (C=O) groups is 1. The van der Waals surface area contributed by atoms with Crippen LogP contribution in [0.2, 0.25) is 0 Å². The summed E-state index contributed by atoms with van der Waals surface area (Å²) in [5.74, 6) is 1.39. The molecule has 6 nitrogen and oxygen atoms in total. The maximum atomic E-state index is 11.8. The second kappa shape index (κ2) is 6.69. The maximum Gasteiger partial charge on any atom is 0.320 e. The molecule has 0 saturated heterocycles. The van der Waals surface area contributed by atoms with E-state index >= 15 is 0 Å². The van der Waals surface area contributed by atoms with E-state index in [1.807, 2.05) is 56.3 Å². The summed E-state index contributed by atoms with van der Waals surface area (Å²) in [6.45, 7) is 2.24. The zero-order valence-electron chi connectivity index (χ0n) is 12.4. The van der Waals surface area contributed by atoms with Crippen molar-refractivity contribution in [2.24, 2.45) is 0 Å². The van der Waals surface area contributed by atoms with Crippen molar-refractivity contribution in [3.8, 4) is 0 Å². The predicted octanol–water partition coefficient (Wildman–Crippen LogP) is 2.17. The molecule has 2 amide bonds. The van der Waals surface area contributed by atoms with Crippen molar-refractivity contribution in [3.63, 3.8) is 0 Å². The molecule has 0 aromatic carbocycles. The first-order chi connectivity index (χ1) is 10.0. The van der Waals surface area contributed by atoms with E-state index in [4.69, 9.17) is 0 Å². The minimum absolute atomic E-state index is 0.301. The molecule has 2 aromatic heterocycles. The predicted molar refractivity (Wildman–Crippen MR) is 83.4 cm³/mol. The lowest BCUT2D eigenvalue weighted by molar-refractivity contribution is 0.251. The van der Waals surface area contributed by atoms with E-state index in [1.54, 1.807) is 6.07 Å². The average molecular weight is 285 g/mol. The van der Waals surface area contributed by atoms with Crippen LogP contribution in [0.1, 0.15) is 11.4 Å². The van der Waals surface area contributed by atoms with Gasteiger partial charge in [0, 0.05) is 19.8 Å². The van der Waals surface area contributed by atoms with E-state index in [1.165, 1.54) is 0 Å². The highest BCUT2D eigenvalue weighted by Crippen LogP contribution is 2.08. The van der Waals surface area contributed by atoms with Crippen molar-refractivity contribution >= 4 is 17.7 Å². The Kier molecular flexibility index (Phi) is 4.71. The van der Waals surface area contributed by atoms with Gasteiger partial charge in [0.15, 0.2) is 0 Å². The second-order valence-electron chi connectivity index (χ2n) is 4.85. The number of pyridine rings is 2. The standard InChI is InChI=1S/C15H19N5O/c1-11-6-4-8-13(17-11)19-15(21)16-10-12-7-5-9-14(18-12)20(2)3/h4-9H,10H2,1-3H3,(H2,16,17,19,21). The molecule has 0 bridgehead atoms. The lowest BCUT2D eigenvalue weighted by Crippen LogP contribution is -2.29. The largest absolute Gasteiger partial charge is 0.363 e. The second-order valence-corrected chi connectivity index (χ2v) is 4.85. The van der Waals surface area contributed by atoms with Crippen LogP contribution in [-0.2, 0) is 6.54 Å². The summed E-state index contributed by atoms with van der Waals surface area (Å²) in [7, 11) is 3.85. The fraction of sp³-hybridized carbons (Fsp3) is 0.267. The first kappa shape index (κ1) is 14.8. The number of rotatable bonds is 4. The molecule has 0 fully saturated rings. The smallest absolute Gasteiger partial charge is 0.320 e. The fourth-order valence-corrected chi connectivity index (χ4v) is 1.76. The molecule has 0 atom stereocenters. The average Bonchev–Trinajstić information content (AvgIpc) is 2.45. The molecule has 0 aliphatic rings. The molecule has 0 radical (unpaired) electrons. The molecule has 0 unspecified atom stereocenters. The summed E-state index contributed by atoms with van der Waals surface area (Å²) in [5.41, 5.74) is 1.65. The van der Waals surface area contributed by atoms with Crippen molar-refractivity contribution in [3.05, 3.63) is 47.8 Å². The third-order valence-corrected chi connectivity index (χ3v) is 2.81. The summed E-state index contributed by atoms with van der Waals surface area (Å²) < 4.78 is 0. The van der Waals surface area contributed by atoms with Crippen molar-refractivity contribution in [2.45, 2.75) is 13.5 Å². The molecular weight excluding hydrogens is 266 g/mol. The number of anilines is 2.